The minimum atomic E-state index is -4.09. The Hall–Kier alpha value is -1.63. The average Bonchev–Trinajstić information content (AvgIpc) is 2.34. The topological polar surface area (TPSA) is 53.0 Å². The smallest absolute Gasteiger partial charge is 0.288 e. The number of hydrogen-bond donors (Lipinski definition) is 0. The Bertz CT molecular complexity index is 600. The number of halogens is 1. The molecule has 5 nitrogen and oxygen atoms in total. The Morgan fingerprint density at radius 3 is 2.20 bits per heavy atom. The van der Waals surface area contributed by atoms with Crippen LogP contribution in [-0.2, 0) is 16.4 Å². The molecule has 20 heavy (non-hydrogen) atoms. The van der Waals surface area contributed by atoms with Crippen molar-refractivity contribution in [2.24, 2.45) is 4.40 Å². The minimum Gasteiger partial charge on any atom is -0.348 e. The molecule has 0 atom stereocenters. The van der Waals surface area contributed by atoms with Crippen LogP contribution in [0, 0.1) is 5.82 Å². The lowest BCUT2D eigenvalue weighted by atomic mass is 10.2. The maximum Gasteiger partial charge on any atom is 0.288 e. The predicted molar refractivity (Wildman–Crippen MR) is 77.8 cm³/mol. The molecule has 7 heteroatoms. The van der Waals surface area contributed by atoms with Crippen LogP contribution >= 0.6 is 0 Å². The van der Waals surface area contributed by atoms with Crippen molar-refractivity contribution in [2.75, 3.05) is 28.2 Å². The van der Waals surface area contributed by atoms with Crippen LogP contribution in [0.1, 0.15) is 12.5 Å². The Labute approximate surface area is 119 Å². The largest absolute Gasteiger partial charge is 0.348 e. The minimum absolute atomic E-state index is 0.232. The second-order valence-corrected chi connectivity index (χ2v) is 6.28. The number of guanidine groups is 1. The van der Waals surface area contributed by atoms with Crippen LogP contribution in [-0.4, -0.2) is 52.4 Å². The molecule has 1 rings (SSSR count). The molecule has 0 radical (unpaired) electrons. The molecule has 0 fully saturated rings. The van der Waals surface area contributed by atoms with E-state index in [1.54, 1.807) is 51.0 Å². The first-order valence-electron chi connectivity index (χ1n) is 6.17. The zero-order chi connectivity index (χ0) is 15.5. The molecular formula is C13H20FN3O2S. The lowest BCUT2D eigenvalue weighted by Gasteiger charge is -2.22. The number of nitrogens with zero attached hydrogens (tertiary/aromatic N) is 3. The first kappa shape index (κ1) is 16.4. The van der Waals surface area contributed by atoms with Gasteiger partial charge in [0.15, 0.2) is 0 Å². The van der Waals surface area contributed by atoms with Gasteiger partial charge in [-0.3, -0.25) is 0 Å². The van der Waals surface area contributed by atoms with E-state index in [2.05, 4.69) is 4.40 Å². The SMILES string of the molecule is CCc1cccc(F)c1S(=O)(=O)N=C(N(C)C)N(C)C. The van der Waals surface area contributed by atoms with Crippen LogP contribution in [0.25, 0.3) is 0 Å². The molecule has 0 aliphatic heterocycles. The van der Waals surface area contributed by atoms with Gasteiger partial charge < -0.3 is 9.80 Å². The number of benzene rings is 1. The Morgan fingerprint density at radius 2 is 1.75 bits per heavy atom. The summed E-state index contributed by atoms with van der Waals surface area (Å²) >= 11 is 0. The number of rotatable bonds is 3. The van der Waals surface area contributed by atoms with Gasteiger partial charge in [0.1, 0.15) is 10.7 Å². The maximum absolute atomic E-state index is 13.9. The Morgan fingerprint density at radius 1 is 1.20 bits per heavy atom. The molecule has 0 spiro atoms. The van der Waals surface area contributed by atoms with Crippen LogP contribution in [0.4, 0.5) is 4.39 Å². The van der Waals surface area contributed by atoms with Gasteiger partial charge >= 0.3 is 0 Å². The van der Waals surface area contributed by atoms with Gasteiger partial charge in [-0.1, -0.05) is 19.1 Å². The molecule has 112 valence electrons. The Balaban J connectivity index is 3.49. The summed E-state index contributed by atoms with van der Waals surface area (Å²) in [6.07, 6.45) is 0.418. The molecule has 0 bridgehead atoms. The number of hydrogen-bond acceptors (Lipinski definition) is 2. The zero-order valence-corrected chi connectivity index (χ0v) is 13.2. The summed E-state index contributed by atoms with van der Waals surface area (Å²) in [5, 5.41) is 0. The standard InChI is InChI=1S/C13H20FN3O2S/c1-6-10-8-7-9-11(14)12(10)20(18,19)15-13(16(2)3)17(4)5/h7-9H,6H2,1-5H3. The van der Waals surface area contributed by atoms with Gasteiger partial charge in [0, 0.05) is 28.2 Å². The van der Waals surface area contributed by atoms with E-state index in [4.69, 9.17) is 0 Å². The van der Waals surface area contributed by atoms with E-state index in [-0.39, 0.29) is 10.9 Å². The van der Waals surface area contributed by atoms with Crippen molar-refractivity contribution in [1.82, 2.24) is 9.80 Å². The van der Waals surface area contributed by atoms with Crippen molar-refractivity contribution in [1.29, 1.82) is 0 Å². The fourth-order valence-electron chi connectivity index (χ4n) is 1.84. The fourth-order valence-corrected chi connectivity index (χ4v) is 3.33. The third-order valence-corrected chi connectivity index (χ3v) is 4.07. The summed E-state index contributed by atoms with van der Waals surface area (Å²) in [6.45, 7) is 1.77. The van der Waals surface area contributed by atoms with Crippen LogP contribution in [0.2, 0.25) is 0 Å². The lowest BCUT2D eigenvalue weighted by Crippen LogP contribution is -2.36. The van der Waals surface area contributed by atoms with E-state index in [1.807, 2.05) is 0 Å². The zero-order valence-electron chi connectivity index (χ0n) is 12.4. The second-order valence-electron chi connectivity index (χ2n) is 4.74. The molecule has 0 aromatic heterocycles. The Kier molecular flexibility index (Phi) is 5.10. The molecule has 0 unspecified atom stereocenters. The van der Waals surface area contributed by atoms with Crippen molar-refractivity contribution in [2.45, 2.75) is 18.2 Å². The van der Waals surface area contributed by atoms with E-state index < -0.39 is 15.8 Å². The third kappa shape index (κ3) is 3.47. The van der Waals surface area contributed by atoms with Crippen molar-refractivity contribution >= 4 is 16.0 Å². The van der Waals surface area contributed by atoms with Crippen LogP contribution in [0.15, 0.2) is 27.5 Å². The highest BCUT2D eigenvalue weighted by Gasteiger charge is 2.23. The molecule has 1 aromatic rings. The summed E-state index contributed by atoms with van der Waals surface area (Å²) in [6, 6.07) is 4.22. The van der Waals surface area contributed by atoms with Gasteiger partial charge in [0.25, 0.3) is 10.0 Å². The summed E-state index contributed by atoms with van der Waals surface area (Å²) < 4.78 is 42.4. The monoisotopic (exact) mass is 301 g/mol. The molecule has 0 heterocycles. The van der Waals surface area contributed by atoms with E-state index in [0.29, 0.717) is 12.0 Å². The number of sulfonamides is 1. The van der Waals surface area contributed by atoms with Gasteiger partial charge in [-0.2, -0.15) is 8.42 Å². The highest BCUT2D eigenvalue weighted by molar-refractivity contribution is 7.90. The quantitative estimate of drug-likeness (QED) is 0.628. The molecule has 1 aromatic carbocycles. The molecule has 0 saturated carbocycles. The molecule has 0 aliphatic rings. The number of aryl methyl sites for hydroxylation is 1. The molecule has 0 aliphatic carbocycles. The van der Waals surface area contributed by atoms with Crippen molar-refractivity contribution in [3.05, 3.63) is 29.6 Å². The summed E-state index contributed by atoms with van der Waals surface area (Å²) in [4.78, 5) is 2.78. The van der Waals surface area contributed by atoms with Crippen LogP contribution < -0.4 is 0 Å². The maximum atomic E-state index is 13.9. The third-order valence-electron chi connectivity index (χ3n) is 2.69. The second kappa shape index (κ2) is 6.21. The first-order valence-corrected chi connectivity index (χ1v) is 7.61. The van der Waals surface area contributed by atoms with Crippen LogP contribution in [0.5, 0.6) is 0 Å². The molecular weight excluding hydrogens is 281 g/mol. The van der Waals surface area contributed by atoms with Crippen LogP contribution in [0.3, 0.4) is 0 Å². The fraction of sp³-hybridized carbons (Fsp3) is 0.462. The van der Waals surface area contributed by atoms with E-state index in [1.165, 1.54) is 6.07 Å². The van der Waals surface area contributed by atoms with Gasteiger partial charge in [0.2, 0.25) is 5.96 Å². The normalized spacial score (nSPS) is 11.1. The van der Waals surface area contributed by atoms with Gasteiger partial charge in [-0.05, 0) is 18.1 Å². The summed E-state index contributed by atoms with van der Waals surface area (Å²) in [7, 11) is 2.61. The van der Waals surface area contributed by atoms with E-state index >= 15 is 0 Å². The van der Waals surface area contributed by atoms with Gasteiger partial charge in [0.05, 0.1) is 0 Å². The summed E-state index contributed by atoms with van der Waals surface area (Å²) in [5.41, 5.74) is 0.422. The molecule has 0 N–H and O–H groups in total. The highest BCUT2D eigenvalue weighted by atomic mass is 32.2. The van der Waals surface area contributed by atoms with E-state index in [0.717, 1.165) is 6.07 Å². The van der Waals surface area contributed by atoms with E-state index in [9.17, 15) is 12.8 Å². The van der Waals surface area contributed by atoms with Crippen molar-refractivity contribution in [3.8, 4) is 0 Å². The highest BCUT2D eigenvalue weighted by Crippen LogP contribution is 2.22. The molecule has 0 saturated heterocycles. The average molecular weight is 301 g/mol. The lowest BCUT2D eigenvalue weighted by molar-refractivity contribution is 0.483. The summed E-state index contributed by atoms with van der Waals surface area (Å²) in [5.74, 6) is -0.541. The molecule has 0 amide bonds. The van der Waals surface area contributed by atoms with Crippen molar-refractivity contribution in [3.63, 3.8) is 0 Å². The van der Waals surface area contributed by atoms with Crippen molar-refractivity contribution < 1.29 is 12.8 Å². The van der Waals surface area contributed by atoms with Gasteiger partial charge in [-0.15, -0.1) is 4.40 Å². The predicted octanol–water partition coefficient (Wildman–Crippen LogP) is 1.56. The van der Waals surface area contributed by atoms with Gasteiger partial charge in [-0.25, -0.2) is 4.39 Å². The first-order chi connectivity index (χ1) is 9.20.